The normalized spacial score (nSPS) is 24.1. The van der Waals surface area contributed by atoms with E-state index in [0.717, 1.165) is 25.7 Å². The summed E-state index contributed by atoms with van der Waals surface area (Å²) in [4.78, 5) is 23.1. The van der Waals surface area contributed by atoms with Crippen LogP contribution in [0, 0.1) is 5.92 Å². The van der Waals surface area contributed by atoms with Gasteiger partial charge in [0, 0.05) is 19.3 Å². The van der Waals surface area contributed by atoms with Crippen LogP contribution in [0.1, 0.15) is 32.6 Å². The zero-order valence-corrected chi connectivity index (χ0v) is 10.6. The van der Waals surface area contributed by atoms with Gasteiger partial charge in [0.2, 0.25) is 0 Å². The van der Waals surface area contributed by atoms with Crippen LogP contribution in [0.4, 0.5) is 4.79 Å². The van der Waals surface area contributed by atoms with Gasteiger partial charge in [-0.25, -0.2) is 9.59 Å². The summed E-state index contributed by atoms with van der Waals surface area (Å²) in [5.74, 6) is -0.914. The van der Waals surface area contributed by atoms with Crippen molar-refractivity contribution in [3.63, 3.8) is 0 Å². The van der Waals surface area contributed by atoms with Crippen molar-refractivity contribution in [3.8, 4) is 0 Å². The lowest BCUT2D eigenvalue weighted by atomic mass is 9.96. The van der Waals surface area contributed by atoms with E-state index in [0.29, 0.717) is 13.2 Å². The smallest absolute Gasteiger partial charge is 0.329 e. The monoisotopic (exact) mass is 256 g/mol. The van der Waals surface area contributed by atoms with Gasteiger partial charge < -0.3 is 20.5 Å². The molecule has 102 valence electrons. The second-order valence-corrected chi connectivity index (χ2v) is 5.27. The number of carboxylic acids is 1. The molecule has 0 aromatic carbocycles. The molecular formula is C12H20N2O4. The summed E-state index contributed by atoms with van der Waals surface area (Å²) in [5.41, 5.74) is -1.14. The molecule has 0 spiro atoms. The maximum atomic E-state index is 11.8. The Labute approximate surface area is 106 Å². The van der Waals surface area contributed by atoms with Crippen molar-refractivity contribution in [1.29, 1.82) is 0 Å². The van der Waals surface area contributed by atoms with Crippen LogP contribution in [0.5, 0.6) is 0 Å². The van der Waals surface area contributed by atoms with Gasteiger partial charge in [0.15, 0.2) is 0 Å². The molecule has 1 saturated carbocycles. The Kier molecular flexibility index (Phi) is 3.75. The molecule has 2 aliphatic rings. The van der Waals surface area contributed by atoms with Gasteiger partial charge in [-0.3, -0.25) is 0 Å². The Balaban J connectivity index is 1.86. The lowest BCUT2D eigenvalue weighted by Crippen LogP contribution is -2.58. The molecule has 18 heavy (non-hydrogen) atoms. The zero-order chi connectivity index (χ0) is 13.2. The van der Waals surface area contributed by atoms with Crippen LogP contribution in [-0.2, 0) is 9.53 Å². The first-order chi connectivity index (χ1) is 8.52. The van der Waals surface area contributed by atoms with Crippen molar-refractivity contribution in [3.05, 3.63) is 0 Å². The number of carboxylic acid groups (broad SMARTS) is 1. The number of amides is 2. The Bertz CT molecular complexity index is 337. The molecule has 3 N–H and O–H groups in total. The Morgan fingerprint density at radius 3 is 2.33 bits per heavy atom. The number of aliphatic carboxylic acids is 1. The van der Waals surface area contributed by atoms with Crippen LogP contribution < -0.4 is 10.6 Å². The second kappa shape index (κ2) is 5.14. The SMILES string of the molecule is CC(NC(=O)NC1CCOCC1)(C(=O)O)C1CC1. The topological polar surface area (TPSA) is 87.7 Å². The van der Waals surface area contributed by atoms with Crippen molar-refractivity contribution in [2.24, 2.45) is 5.92 Å². The number of carbonyl (C=O) groups excluding carboxylic acids is 1. The highest BCUT2D eigenvalue weighted by atomic mass is 16.5. The average Bonchev–Trinajstić information content (AvgIpc) is 3.13. The van der Waals surface area contributed by atoms with Gasteiger partial charge in [0.05, 0.1) is 0 Å². The summed E-state index contributed by atoms with van der Waals surface area (Å²) in [7, 11) is 0. The molecule has 1 unspecified atom stereocenters. The van der Waals surface area contributed by atoms with Crippen LogP contribution in [0.2, 0.25) is 0 Å². The second-order valence-electron chi connectivity index (χ2n) is 5.27. The summed E-state index contributed by atoms with van der Waals surface area (Å²) in [6.07, 6.45) is 3.28. The predicted molar refractivity (Wildman–Crippen MR) is 64.3 cm³/mol. The first kappa shape index (κ1) is 13.1. The minimum Gasteiger partial charge on any atom is -0.480 e. The van der Waals surface area contributed by atoms with E-state index in [1.807, 2.05) is 0 Å². The Hall–Kier alpha value is -1.30. The van der Waals surface area contributed by atoms with E-state index in [1.165, 1.54) is 0 Å². The van der Waals surface area contributed by atoms with Crippen LogP contribution >= 0.6 is 0 Å². The third kappa shape index (κ3) is 2.93. The van der Waals surface area contributed by atoms with Gasteiger partial charge >= 0.3 is 12.0 Å². The van der Waals surface area contributed by atoms with Gasteiger partial charge in [-0.2, -0.15) is 0 Å². The van der Waals surface area contributed by atoms with Gasteiger partial charge in [-0.1, -0.05) is 0 Å². The molecule has 1 aliphatic heterocycles. The number of nitrogens with one attached hydrogen (secondary N) is 2. The minimum absolute atomic E-state index is 0.0513. The molecule has 2 fully saturated rings. The molecule has 0 radical (unpaired) electrons. The average molecular weight is 256 g/mol. The van der Waals surface area contributed by atoms with Crippen LogP contribution in [-0.4, -0.2) is 41.9 Å². The van der Waals surface area contributed by atoms with E-state index >= 15 is 0 Å². The van der Waals surface area contributed by atoms with Gasteiger partial charge in [0.25, 0.3) is 0 Å². The molecule has 2 amide bonds. The van der Waals surface area contributed by atoms with E-state index in [9.17, 15) is 14.7 Å². The summed E-state index contributed by atoms with van der Waals surface area (Å²) in [6.45, 7) is 2.87. The predicted octanol–water partition coefficient (Wildman–Crippen LogP) is 0.718. The van der Waals surface area contributed by atoms with Crippen molar-refractivity contribution in [1.82, 2.24) is 10.6 Å². The van der Waals surface area contributed by atoms with E-state index < -0.39 is 17.5 Å². The largest absolute Gasteiger partial charge is 0.480 e. The minimum atomic E-state index is -1.14. The standard InChI is InChI=1S/C12H20N2O4/c1-12(10(15)16,8-2-3-8)14-11(17)13-9-4-6-18-7-5-9/h8-9H,2-7H2,1H3,(H,15,16)(H2,13,14,17). The number of urea groups is 1. The van der Waals surface area contributed by atoms with E-state index in [1.54, 1.807) is 6.92 Å². The molecule has 6 heteroatoms. The lowest BCUT2D eigenvalue weighted by molar-refractivity contribution is -0.144. The van der Waals surface area contributed by atoms with E-state index in [-0.39, 0.29) is 12.0 Å². The third-order valence-electron chi connectivity index (χ3n) is 3.77. The first-order valence-electron chi connectivity index (χ1n) is 6.42. The van der Waals surface area contributed by atoms with Gasteiger partial charge in [0.1, 0.15) is 5.54 Å². The van der Waals surface area contributed by atoms with Crippen LogP contribution in [0.15, 0.2) is 0 Å². The molecule has 1 saturated heterocycles. The highest BCUT2D eigenvalue weighted by Crippen LogP contribution is 2.39. The molecule has 2 rings (SSSR count). The van der Waals surface area contributed by atoms with Crippen LogP contribution in [0.25, 0.3) is 0 Å². The van der Waals surface area contributed by atoms with Crippen molar-refractivity contribution in [2.45, 2.75) is 44.2 Å². The fourth-order valence-corrected chi connectivity index (χ4v) is 2.29. The highest BCUT2D eigenvalue weighted by molar-refractivity contribution is 5.86. The van der Waals surface area contributed by atoms with E-state index in [4.69, 9.17) is 4.74 Å². The van der Waals surface area contributed by atoms with Gasteiger partial charge in [-0.15, -0.1) is 0 Å². The molecular weight excluding hydrogens is 236 g/mol. The molecule has 1 aliphatic carbocycles. The number of rotatable bonds is 4. The Morgan fingerprint density at radius 2 is 1.83 bits per heavy atom. The zero-order valence-electron chi connectivity index (χ0n) is 10.6. The lowest BCUT2D eigenvalue weighted by Gasteiger charge is -2.29. The maximum Gasteiger partial charge on any atom is 0.329 e. The molecule has 0 aromatic heterocycles. The van der Waals surface area contributed by atoms with Gasteiger partial charge in [-0.05, 0) is 38.5 Å². The number of hydrogen-bond acceptors (Lipinski definition) is 3. The third-order valence-corrected chi connectivity index (χ3v) is 3.77. The number of carbonyl (C=O) groups is 2. The molecule has 0 bridgehead atoms. The summed E-state index contributed by atoms with van der Waals surface area (Å²) >= 11 is 0. The van der Waals surface area contributed by atoms with Crippen molar-refractivity contribution >= 4 is 12.0 Å². The van der Waals surface area contributed by atoms with Crippen LogP contribution in [0.3, 0.4) is 0 Å². The van der Waals surface area contributed by atoms with Crippen molar-refractivity contribution in [2.75, 3.05) is 13.2 Å². The first-order valence-corrected chi connectivity index (χ1v) is 6.42. The fourth-order valence-electron chi connectivity index (χ4n) is 2.29. The molecule has 6 nitrogen and oxygen atoms in total. The number of ether oxygens (including phenoxy) is 1. The molecule has 1 atom stereocenters. The highest BCUT2D eigenvalue weighted by Gasteiger charge is 2.48. The quantitative estimate of drug-likeness (QED) is 0.691. The maximum absolute atomic E-state index is 11.8. The summed E-state index contributed by atoms with van der Waals surface area (Å²) < 4.78 is 5.20. The fraction of sp³-hybridized carbons (Fsp3) is 0.833. The number of hydrogen-bond donors (Lipinski definition) is 3. The summed E-state index contributed by atoms with van der Waals surface area (Å²) in [6, 6.07) is -0.310. The Morgan fingerprint density at radius 1 is 1.22 bits per heavy atom. The molecule has 1 heterocycles. The summed E-state index contributed by atoms with van der Waals surface area (Å²) in [5, 5.41) is 14.7. The molecule has 0 aromatic rings. The van der Waals surface area contributed by atoms with Crippen molar-refractivity contribution < 1.29 is 19.4 Å². The van der Waals surface area contributed by atoms with E-state index in [2.05, 4.69) is 10.6 Å².